The maximum absolute atomic E-state index is 8.24. The van der Waals surface area contributed by atoms with E-state index in [0.29, 0.717) is 0 Å². The molecule has 6 heterocycles. The molecular formula is C32H72O12Si16. The maximum Gasteiger partial charge on any atom is 0.452 e. The van der Waals surface area contributed by atoms with Gasteiger partial charge < -0.3 is 49.4 Å². The van der Waals surface area contributed by atoms with Crippen LogP contribution in [-0.4, -0.2) is 127 Å². The molecule has 0 aromatic carbocycles. The fraction of sp³-hybridized carbons (Fsp3) is 0.500. The van der Waals surface area contributed by atoms with Crippen LogP contribution in [0.1, 0.15) is 0 Å². The number of hydrogen-bond acceptors (Lipinski definition) is 12. The molecule has 6 aliphatic heterocycles. The van der Waals surface area contributed by atoms with Crippen LogP contribution in [-0.2, 0) is 49.4 Å². The average molecular weight is 1100 g/mol. The van der Waals surface area contributed by atoms with Gasteiger partial charge in [0, 0.05) is 0 Å². The van der Waals surface area contributed by atoms with Crippen molar-refractivity contribution in [1.29, 1.82) is 0 Å². The Kier molecular flexibility index (Phi) is 13.2. The van der Waals surface area contributed by atoms with Crippen molar-refractivity contribution in [2.45, 2.75) is 105 Å². The van der Waals surface area contributed by atoms with Gasteiger partial charge in [-0.2, -0.15) is 0 Å². The Bertz CT molecular complexity index is 1420. The second-order valence-electron chi connectivity index (χ2n) is 21.1. The van der Waals surface area contributed by atoms with E-state index in [1.54, 1.807) is 0 Å². The van der Waals surface area contributed by atoms with Gasteiger partial charge >= 0.3 is 66.6 Å². The molecule has 0 amide bonds. The van der Waals surface area contributed by atoms with Gasteiger partial charge in [-0.1, -0.05) is 150 Å². The van der Waals surface area contributed by atoms with Gasteiger partial charge in [0.05, 0.1) is 0 Å². The molecule has 336 valence electrons. The number of hydrogen-bond donors (Lipinski definition) is 0. The van der Waals surface area contributed by atoms with Crippen LogP contribution in [0.4, 0.5) is 0 Å². The summed E-state index contributed by atoms with van der Waals surface area (Å²) in [5, 5.41) is 0. The van der Waals surface area contributed by atoms with Crippen molar-refractivity contribution in [2.75, 3.05) is 0 Å². The van der Waals surface area contributed by atoms with E-state index in [1.807, 2.05) is 45.6 Å². The SMILES string of the molecule is C=C[Si](C)(C)[Si]12O[Si]3([Si](C)(C)C=C)O[Si]4([Si](C)(C)C=C)O[Si]([Si](C)(C)C=C)(O1)O[Si]1([Si](C)(C)C=C)O[Si]([Si](C)(C)C=C)(O2)O[Si]([Si](C)(C)C=C)(O3)O[Si]([Si](C)(C)C=C)(O4)O1. The van der Waals surface area contributed by atoms with Crippen LogP contribution in [0.2, 0.25) is 105 Å². The third-order valence-electron chi connectivity index (χ3n) is 13.6. The van der Waals surface area contributed by atoms with Crippen molar-refractivity contribution in [3.8, 4) is 0 Å². The lowest BCUT2D eigenvalue weighted by molar-refractivity contribution is 0.00684. The normalized spacial score (nSPS) is 38.9. The molecule has 0 spiro atoms. The highest BCUT2D eigenvalue weighted by molar-refractivity contribution is 7.59. The first-order valence-corrected chi connectivity index (χ1v) is 66.9. The van der Waals surface area contributed by atoms with Crippen LogP contribution in [0.25, 0.3) is 0 Å². The van der Waals surface area contributed by atoms with Crippen molar-refractivity contribution >= 4 is 127 Å². The molecule has 6 aliphatic rings. The Hall–Kier alpha value is 0.910. The van der Waals surface area contributed by atoms with Gasteiger partial charge in [0.15, 0.2) is 60.7 Å². The van der Waals surface area contributed by atoms with Gasteiger partial charge in [-0.05, 0) is 0 Å². The molecule has 12 nitrogen and oxygen atoms in total. The summed E-state index contributed by atoms with van der Waals surface area (Å²) in [5.74, 6) is 0. The predicted molar refractivity (Wildman–Crippen MR) is 280 cm³/mol. The molecule has 6 saturated heterocycles. The maximum atomic E-state index is 8.24. The summed E-state index contributed by atoms with van der Waals surface area (Å²) in [6.45, 7) is 70.2. The third-order valence-corrected chi connectivity index (χ3v) is 125. The molecule has 6 rings (SSSR count). The monoisotopic (exact) mass is 1100 g/mol. The van der Waals surface area contributed by atoms with Crippen molar-refractivity contribution in [3.63, 3.8) is 0 Å². The van der Waals surface area contributed by atoms with Gasteiger partial charge in [0.25, 0.3) is 0 Å². The fourth-order valence-corrected chi connectivity index (χ4v) is 167. The van der Waals surface area contributed by atoms with E-state index in [-0.39, 0.29) is 0 Å². The van der Waals surface area contributed by atoms with Crippen LogP contribution in [0, 0.1) is 0 Å². The summed E-state index contributed by atoms with van der Waals surface area (Å²) < 4.78 is 98.9. The summed E-state index contributed by atoms with van der Waals surface area (Å²) >= 11 is 0. The smallest absolute Gasteiger partial charge is 0.379 e. The quantitative estimate of drug-likeness (QED) is 0.141. The first-order chi connectivity index (χ1) is 27.0. The molecule has 28 heteroatoms. The molecule has 0 aromatic heterocycles. The summed E-state index contributed by atoms with van der Waals surface area (Å²) in [4.78, 5) is 0. The van der Waals surface area contributed by atoms with E-state index in [1.165, 1.54) is 0 Å². The van der Waals surface area contributed by atoms with E-state index in [0.717, 1.165) is 0 Å². The summed E-state index contributed by atoms with van der Waals surface area (Å²) in [5.41, 5.74) is 15.8. The summed E-state index contributed by atoms with van der Waals surface area (Å²) in [6.07, 6.45) is 0. The van der Waals surface area contributed by atoms with Gasteiger partial charge in [-0.15, -0.1) is 52.6 Å². The summed E-state index contributed by atoms with van der Waals surface area (Å²) in [6, 6.07) is 0. The first-order valence-electron chi connectivity index (χ1n) is 20.5. The first kappa shape index (κ1) is 51.9. The zero-order valence-corrected chi connectivity index (χ0v) is 55.2. The van der Waals surface area contributed by atoms with Crippen LogP contribution < -0.4 is 0 Å². The zero-order chi connectivity index (χ0) is 46.1. The average Bonchev–Trinajstić information content (AvgIpc) is 3.12. The lowest BCUT2D eigenvalue weighted by Crippen LogP contribution is -3.01. The molecule has 0 radical (unpaired) electrons. The second kappa shape index (κ2) is 15.2. The Morgan fingerprint density at radius 2 is 0.267 bits per heavy atom. The highest BCUT2D eigenvalue weighted by atomic mass is 29.4. The van der Waals surface area contributed by atoms with Crippen molar-refractivity contribution in [2.24, 2.45) is 0 Å². The van der Waals surface area contributed by atoms with E-state index >= 15 is 0 Å². The highest BCUT2D eigenvalue weighted by Gasteiger charge is 2.92. The molecule has 6 fully saturated rings. The molecule has 60 heavy (non-hydrogen) atoms. The van der Waals surface area contributed by atoms with E-state index < -0.39 is 127 Å². The van der Waals surface area contributed by atoms with Crippen LogP contribution >= 0.6 is 0 Å². The molecule has 0 aliphatic carbocycles. The van der Waals surface area contributed by atoms with Gasteiger partial charge in [0.2, 0.25) is 0 Å². The lowest BCUT2D eigenvalue weighted by Gasteiger charge is -2.71. The Balaban J connectivity index is 2.30. The highest BCUT2D eigenvalue weighted by Crippen LogP contribution is 2.58. The minimum atomic E-state index is -4.36. The van der Waals surface area contributed by atoms with Crippen molar-refractivity contribution in [3.05, 3.63) is 98.2 Å². The molecule has 0 N–H and O–H groups in total. The number of rotatable bonds is 16. The van der Waals surface area contributed by atoms with Gasteiger partial charge in [-0.25, -0.2) is 0 Å². The second-order valence-corrected chi connectivity index (χ2v) is 116. The fourth-order valence-electron chi connectivity index (χ4n) is 6.78. The largest absolute Gasteiger partial charge is 0.452 e. The Morgan fingerprint density at radius 3 is 0.317 bits per heavy atom. The summed E-state index contributed by atoms with van der Waals surface area (Å²) in [7, 11) is -59.8. The van der Waals surface area contributed by atoms with Gasteiger partial charge in [-0.3, -0.25) is 0 Å². The van der Waals surface area contributed by atoms with E-state index in [2.05, 4.69) is 157 Å². The minimum absolute atomic E-state index is 1.97. The Labute approximate surface area is 376 Å². The zero-order valence-electron chi connectivity index (χ0n) is 39.2. The van der Waals surface area contributed by atoms with Gasteiger partial charge in [0.1, 0.15) is 0 Å². The van der Waals surface area contributed by atoms with Crippen LogP contribution in [0.3, 0.4) is 0 Å². The van der Waals surface area contributed by atoms with E-state index in [4.69, 9.17) is 49.4 Å². The van der Waals surface area contributed by atoms with E-state index in [9.17, 15) is 0 Å². The molecule has 0 saturated carbocycles. The molecule has 0 atom stereocenters. The standard InChI is InChI=1S/C32H72O12Si16/c1-25-45(9,10)53-33-54(46(11,12)26-2)36-57(49(17,18)29-5)38-55(34-53,47(13,14)27-3)40-59(51(21,22)31-7)41-56(35-53,48(15,16)28-4)39-58(37-54,50(19,20)30-6)43-60(42-57,44-59)52(23,24)32-8/h25-32H,1-8H2,9-24H3. The molecule has 8 bridgehead atoms. The topological polar surface area (TPSA) is 111 Å². The third kappa shape index (κ3) is 6.92. The minimum Gasteiger partial charge on any atom is -0.379 e. The molecule has 0 aromatic rings. The van der Waals surface area contributed by atoms with Crippen molar-refractivity contribution < 1.29 is 49.4 Å². The van der Waals surface area contributed by atoms with Crippen LogP contribution in [0.15, 0.2) is 98.2 Å². The lowest BCUT2D eigenvalue weighted by atomic mass is 11.3. The van der Waals surface area contributed by atoms with Crippen molar-refractivity contribution in [1.82, 2.24) is 0 Å². The van der Waals surface area contributed by atoms with Crippen LogP contribution in [0.5, 0.6) is 0 Å². The Morgan fingerprint density at radius 1 is 0.200 bits per heavy atom. The molecule has 0 unspecified atom stereocenters. The predicted octanol–water partition coefficient (Wildman–Crippen LogP) is 7.86. The molecular weight excluding hydrogens is 1030 g/mol.